The van der Waals surface area contributed by atoms with Gasteiger partial charge >= 0.3 is 0 Å². The molecule has 0 bridgehead atoms. The summed E-state index contributed by atoms with van der Waals surface area (Å²) >= 11 is 1.23. The molecule has 24 heavy (non-hydrogen) atoms. The second kappa shape index (κ2) is 7.56. The highest BCUT2D eigenvalue weighted by Crippen LogP contribution is 2.26. The van der Waals surface area contributed by atoms with Gasteiger partial charge in [-0.25, -0.2) is 9.97 Å². The van der Waals surface area contributed by atoms with Crippen molar-refractivity contribution in [3.63, 3.8) is 0 Å². The molecule has 0 radical (unpaired) electrons. The predicted molar refractivity (Wildman–Crippen MR) is 95.0 cm³/mol. The summed E-state index contributed by atoms with van der Waals surface area (Å²) in [6.45, 7) is 0. The highest BCUT2D eigenvalue weighted by atomic mass is 32.2. The average molecular weight is 337 g/mol. The largest absolute Gasteiger partial charge is 0.368 e. The molecule has 0 aliphatic rings. The number of thioether (sulfide) groups is 1. The van der Waals surface area contributed by atoms with Gasteiger partial charge in [0.05, 0.1) is 5.75 Å². The minimum atomic E-state index is -0.0728. The van der Waals surface area contributed by atoms with E-state index in [1.807, 2.05) is 60.7 Å². The van der Waals surface area contributed by atoms with Crippen LogP contribution in [0.2, 0.25) is 0 Å². The summed E-state index contributed by atoms with van der Waals surface area (Å²) in [5.74, 6) is 0.257. The molecule has 3 rings (SSSR count). The molecule has 0 unspecified atom stereocenters. The fraction of sp³-hybridized carbons (Fsp3) is 0.0588. The van der Waals surface area contributed by atoms with E-state index in [1.165, 1.54) is 18.1 Å². The van der Waals surface area contributed by atoms with E-state index in [1.54, 1.807) is 4.90 Å². The van der Waals surface area contributed by atoms with Crippen molar-refractivity contribution in [2.24, 2.45) is 0 Å². The van der Waals surface area contributed by atoms with E-state index in [0.29, 0.717) is 5.16 Å². The van der Waals surface area contributed by atoms with E-state index in [4.69, 9.17) is 5.73 Å². The molecule has 0 aliphatic heterocycles. The molecule has 1 amide bonds. The van der Waals surface area contributed by atoms with Gasteiger partial charge in [0.2, 0.25) is 11.9 Å². The molecule has 120 valence electrons. The van der Waals surface area contributed by atoms with Crippen LogP contribution in [-0.4, -0.2) is 26.6 Å². The van der Waals surface area contributed by atoms with Crippen molar-refractivity contribution >= 4 is 35.0 Å². The minimum Gasteiger partial charge on any atom is -0.368 e. The van der Waals surface area contributed by atoms with Gasteiger partial charge in [0, 0.05) is 11.4 Å². The van der Waals surface area contributed by atoms with Gasteiger partial charge in [-0.15, -0.1) is 0 Å². The highest BCUT2D eigenvalue weighted by Gasteiger charge is 2.18. The van der Waals surface area contributed by atoms with Gasteiger partial charge in [-0.05, 0) is 24.3 Å². The quantitative estimate of drug-likeness (QED) is 0.721. The molecule has 0 aliphatic carbocycles. The van der Waals surface area contributed by atoms with Crippen LogP contribution < -0.4 is 10.6 Å². The van der Waals surface area contributed by atoms with Crippen molar-refractivity contribution in [3.05, 3.63) is 67.0 Å². The summed E-state index contributed by atoms with van der Waals surface area (Å²) in [5.41, 5.74) is 7.16. The number of nitrogens with two attached hydrogens (primary N) is 1. The number of nitrogen functional groups attached to an aromatic ring is 1. The Hall–Kier alpha value is -2.93. The van der Waals surface area contributed by atoms with Crippen LogP contribution in [0, 0.1) is 0 Å². The van der Waals surface area contributed by atoms with Crippen LogP contribution in [0.25, 0.3) is 0 Å². The molecule has 0 atom stereocenters. The molecule has 0 saturated heterocycles. The fourth-order valence-corrected chi connectivity index (χ4v) is 2.81. The van der Waals surface area contributed by atoms with Crippen LogP contribution in [0.15, 0.2) is 72.1 Å². The standard InChI is InChI=1S/C17H15N5OS/c18-16-19-12-20-17(21-16)24-11-15(23)22(13-7-3-1-4-8-13)14-9-5-2-6-10-14/h1-10,12H,11H2,(H2,18,19,20,21). The van der Waals surface area contributed by atoms with Crippen LogP contribution in [0.3, 0.4) is 0 Å². The van der Waals surface area contributed by atoms with Gasteiger partial charge in [-0.2, -0.15) is 4.98 Å². The molecule has 1 heterocycles. The third-order valence-corrected chi connectivity index (χ3v) is 4.02. The number of anilines is 3. The van der Waals surface area contributed by atoms with Crippen LogP contribution >= 0.6 is 11.8 Å². The maximum Gasteiger partial charge on any atom is 0.242 e. The van der Waals surface area contributed by atoms with Gasteiger partial charge in [0.15, 0.2) is 5.16 Å². The molecule has 1 aromatic heterocycles. The first-order chi connectivity index (χ1) is 11.7. The van der Waals surface area contributed by atoms with Crippen molar-refractivity contribution in [3.8, 4) is 0 Å². The lowest BCUT2D eigenvalue weighted by molar-refractivity contribution is -0.115. The lowest BCUT2D eigenvalue weighted by Gasteiger charge is -2.22. The normalized spacial score (nSPS) is 10.3. The second-order valence-electron chi connectivity index (χ2n) is 4.82. The Bertz CT molecular complexity index is 774. The van der Waals surface area contributed by atoms with E-state index in [0.717, 1.165) is 11.4 Å². The zero-order valence-corrected chi connectivity index (χ0v) is 13.6. The highest BCUT2D eigenvalue weighted by molar-refractivity contribution is 7.99. The van der Waals surface area contributed by atoms with Gasteiger partial charge in [0.25, 0.3) is 0 Å². The van der Waals surface area contributed by atoms with Gasteiger partial charge in [-0.1, -0.05) is 48.2 Å². The zero-order chi connectivity index (χ0) is 16.8. The summed E-state index contributed by atoms with van der Waals surface area (Å²) in [6, 6.07) is 19.0. The van der Waals surface area contributed by atoms with E-state index < -0.39 is 0 Å². The summed E-state index contributed by atoms with van der Waals surface area (Å²) in [7, 11) is 0. The first-order valence-corrected chi connectivity index (χ1v) is 8.23. The number of hydrogen-bond donors (Lipinski definition) is 1. The summed E-state index contributed by atoms with van der Waals surface area (Å²) < 4.78 is 0. The first kappa shape index (κ1) is 15.9. The Balaban J connectivity index is 1.82. The molecule has 2 aromatic carbocycles. The van der Waals surface area contributed by atoms with Crippen LogP contribution in [0.5, 0.6) is 0 Å². The number of carbonyl (C=O) groups excluding carboxylic acids is 1. The number of carbonyl (C=O) groups is 1. The smallest absolute Gasteiger partial charge is 0.242 e. The summed E-state index contributed by atoms with van der Waals surface area (Å²) in [6.07, 6.45) is 1.33. The molecule has 3 aromatic rings. The third kappa shape index (κ3) is 3.88. The Morgan fingerprint density at radius 2 is 1.54 bits per heavy atom. The topological polar surface area (TPSA) is 85.0 Å². The second-order valence-corrected chi connectivity index (χ2v) is 5.76. The molecule has 0 fully saturated rings. The lowest BCUT2D eigenvalue weighted by Crippen LogP contribution is -2.27. The maximum atomic E-state index is 12.8. The van der Waals surface area contributed by atoms with Crippen molar-refractivity contribution in [1.82, 2.24) is 15.0 Å². The first-order valence-electron chi connectivity index (χ1n) is 7.24. The predicted octanol–water partition coefficient (Wildman–Crippen LogP) is 2.91. The fourth-order valence-electron chi connectivity index (χ4n) is 2.14. The summed E-state index contributed by atoms with van der Waals surface area (Å²) in [5, 5.41) is 0.428. The number of aromatic nitrogens is 3. The maximum absolute atomic E-state index is 12.8. The van der Waals surface area contributed by atoms with E-state index in [-0.39, 0.29) is 17.6 Å². The molecule has 7 heteroatoms. The zero-order valence-electron chi connectivity index (χ0n) is 12.7. The third-order valence-electron chi connectivity index (χ3n) is 3.17. The monoisotopic (exact) mass is 337 g/mol. The molecule has 0 saturated carbocycles. The van der Waals surface area contributed by atoms with Crippen molar-refractivity contribution in [2.45, 2.75) is 5.16 Å². The molecular weight excluding hydrogens is 322 g/mol. The van der Waals surface area contributed by atoms with Crippen LogP contribution in [0.1, 0.15) is 0 Å². The average Bonchev–Trinajstić information content (AvgIpc) is 2.62. The van der Waals surface area contributed by atoms with Gasteiger partial charge in [-0.3, -0.25) is 9.69 Å². The molecule has 2 N–H and O–H groups in total. The number of hydrogen-bond acceptors (Lipinski definition) is 6. The lowest BCUT2D eigenvalue weighted by atomic mass is 10.2. The Morgan fingerprint density at radius 3 is 2.08 bits per heavy atom. The number of benzene rings is 2. The van der Waals surface area contributed by atoms with Gasteiger partial charge in [0.1, 0.15) is 6.33 Å². The number of nitrogens with zero attached hydrogens (tertiary/aromatic N) is 4. The van der Waals surface area contributed by atoms with Gasteiger partial charge < -0.3 is 5.73 Å². The van der Waals surface area contributed by atoms with Crippen molar-refractivity contribution < 1.29 is 4.79 Å². The number of para-hydroxylation sites is 2. The molecule has 0 spiro atoms. The van der Waals surface area contributed by atoms with Crippen molar-refractivity contribution in [1.29, 1.82) is 0 Å². The summed E-state index contributed by atoms with van der Waals surface area (Å²) in [4.78, 5) is 26.2. The van der Waals surface area contributed by atoms with Crippen LogP contribution in [-0.2, 0) is 4.79 Å². The van der Waals surface area contributed by atoms with Crippen molar-refractivity contribution in [2.75, 3.05) is 16.4 Å². The molecule has 6 nitrogen and oxygen atoms in total. The molecular formula is C17H15N5OS. The Morgan fingerprint density at radius 1 is 0.958 bits per heavy atom. The van der Waals surface area contributed by atoms with Crippen LogP contribution in [0.4, 0.5) is 17.3 Å². The number of rotatable bonds is 5. The minimum absolute atomic E-state index is 0.0728. The number of amides is 1. The van der Waals surface area contributed by atoms with E-state index in [9.17, 15) is 4.79 Å². The van der Waals surface area contributed by atoms with E-state index in [2.05, 4.69) is 15.0 Å². The Labute approximate surface area is 143 Å². The SMILES string of the molecule is Nc1ncnc(SCC(=O)N(c2ccccc2)c2ccccc2)n1. The Kier molecular flexibility index (Phi) is 5.02. The van der Waals surface area contributed by atoms with E-state index >= 15 is 0 Å².